The van der Waals surface area contributed by atoms with Crippen molar-refractivity contribution in [2.75, 3.05) is 6.54 Å². The van der Waals surface area contributed by atoms with E-state index in [2.05, 4.69) is 41.8 Å². The topological polar surface area (TPSA) is 29.9 Å². The van der Waals surface area contributed by atoms with Gasteiger partial charge in [0.25, 0.3) is 0 Å². The molecule has 1 aromatic heterocycles. The minimum Gasteiger partial charge on any atom is -0.334 e. The number of nitrogens with one attached hydrogen (secondary N) is 1. The minimum atomic E-state index is 0.444. The Morgan fingerprint density at radius 3 is 2.84 bits per heavy atom. The van der Waals surface area contributed by atoms with Gasteiger partial charge >= 0.3 is 0 Å². The monoisotopic (exact) mass is 263 g/mol. The molecule has 2 rings (SSSR count). The van der Waals surface area contributed by atoms with Crippen molar-refractivity contribution in [1.82, 2.24) is 14.9 Å². The van der Waals surface area contributed by atoms with Gasteiger partial charge in [-0.1, -0.05) is 33.6 Å². The standard InChI is InChI=1S/C16H29N3/c1-4-9-17-15(14-8-6-7-13(14)3)16-18-10-12-19(16)11-5-2/h10,12-15,17H,4-9,11H2,1-3H3. The summed E-state index contributed by atoms with van der Waals surface area (Å²) in [6.45, 7) is 9.05. The number of hydrogen-bond donors (Lipinski definition) is 1. The van der Waals surface area contributed by atoms with Crippen molar-refractivity contribution >= 4 is 0 Å². The molecule has 1 saturated carbocycles. The molecule has 0 saturated heterocycles. The zero-order valence-corrected chi connectivity index (χ0v) is 12.7. The molecule has 3 unspecified atom stereocenters. The summed E-state index contributed by atoms with van der Waals surface area (Å²) in [4.78, 5) is 4.67. The van der Waals surface area contributed by atoms with Crippen molar-refractivity contribution in [1.29, 1.82) is 0 Å². The van der Waals surface area contributed by atoms with Crippen molar-refractivity contribution in [2.45, 2.75) is 65.5 Å². The second kappa shape index (κ2) is 7.09. The van der Waals surface area contributed by atoms with Crippen molar-refractivity contribution < 1.29 is 0 Å². The fraction of sp³-hybridized carbons (Fsp3) is 0.812. The third-order valence-electron chi connectivity index (χ3n) is 4.46. The normalized spacial score (nSPS) is 24.8. The fourth-order valence-corrected chi connectivity index (χ4v) is 3.43. The maximum Gasteiger partial charge on any atom is 0.126 e. The SMILES string of the molecule is CCCNC(c1nccn1CCC)C1CCCC1C. The first-order valence-electron chi connectivity index (χ1n) is 8.02. The van der Waals surface area contributed by atoms with E-state index >= 15 is 0 Å². The number of aryl methyl sites for hydroxylation is 1. The molecule has 0 spiro atoms. The lowest BCUT2D eigenvalue weighted by Crippen LogP contribution is -2.32. The van der Waals surface area contributed by atoms with Gasteiger partial charge in [0.05, 0.1) is 6.04 Å². The van der Waals surface area contributed by atoms with Gasteiger partial charge in [0.15, 0.2) is 0 Å². The number of imidazole rings is 1. The third kappa shape index (κ3) is 3.38. The zero-order chi connectivity index (χ0) is 13.7. The van der Waals surface area contributed by atoms with Gasteiger partial charge < -0.3 is 9.88 Å². The molecule has 19 heavy (non-hydrogen) atoms. The molecule has 3 heteroatoms. The maximum absolute atomic E-state index is 4.67. The van der Waals surface area contributed by atoms with E-state index in [1.165, 1.54) is 37.9 Å². The number of hydrogen-bond acceptors (Lipinski definition) is 2. The second-order valence-corrected chi connectivity index (χ2v) is 5.98. The zero-order valence-electron chi connectivity index (χ0n) is 12.7. The first-order chi connectivity index (χ1) is 9.27. The predicted molar refractivity (Wildman–Crippen MR) is 80.1 cm³/mol. The van der Waals surface area contributed by atoms with Crippen LogP contribution in [0.2, 0.25) is 0 Å². The van der Waals surface area contributed by atoms with Crippen molar-refractivity contribution in [3.05, 3.63) is 18.2 Å². The Bertz CT molecular complexity index is 372. The van der Waals surface area contributed by atoms with Gasteiger partial charge in [-0.25, -0.2) is 4.98 Å². The first-order valence-corrected chi connectivity index (χ1v) is 8.02. The van der Waals surface area contributed by atoms with E-state index in [1.807, 2.05) is 6.20 Å². The van der Waals surface area contributed by atoms with Crippen LogP contribution in [0.4, 0.5) is 0 Å². The lowest BCUT2D eigenvalue weighted by molar-refractivity contribution is 0.285. The Morgan fingerprint density at radius 1 is 1.37 bits per heavy atom. The molecule has 1 fully saturated rings. The van der Waals surface area contributed by atoms with E-state index in [9.17, 15) is 0 Å². The van der Waals surface area contributed by atoms with E-state index in [1.54, 1.807) is 0 Å². The van der Waals surface area contributed by atoms with E-state index in [0.717, 1.165) is 24.9 Å². The van der Waals surface area contributed by atoms with Gasteiger partial charge in [-0.2, -0.15) is 0 Å². The van der Waals surface area contributed by atoms with Gasteiger partial charge in [0, 0.05) is 18.9 Å². The van der Waals surface area contributed by atoms with Crippen LogP contribution in [0.1, 0.15) is 64.7 Å². The van der Waals surface area contributed by atoms with E-state index in [4.69, 9.17) is 0 Å². The third-order valence-corrected chi connectivity index (χ3v) is 4.46. The lowest BCUT2D eigenvalue weighted by atomic mass is 9.89. The molecule has 3 atom stereocenters. The van der Waals surface area contributed by atoms with Gasteiger partial charge in [-0.15, -0.1) is 0 Å². The van der Waals surface area contributed by atoms with Crippen LogP contribution in [0.3, 0.4) is 0 Å². The largest absolute Gasteiger partial charge is 0.334 e. The highest BCUT2D eigenvalue weighted by atomic mass is 15.1. The predicted octanol–water partition coefficient (Wildman–Crippen LogP) is 3.77. The Kier molecular flexibility index (Phi) is 5.44. The molecule has 3 nitrogen and oxygen atoms in total. The molecule has 1 heterocycles. The maximum atomic E-state index is 4.67. The molecule has 0 amide bonds. The summed E-state index contributed by atoms with van der Waals surface area (Å²) < 4.78 is 2.35. The van der Waals surface area contributed by atoms with Crippen molar-refractivity contribution in [3.63, 3.8) is 0 Å². The van der Waals surface area contributed by atoms with Crippen LogP contribution in [0, 0.1) is 11.8 Å². The van der Waals surface area contributed by atoms with Gasteiger partial charge in [-0.3, -0.25) is 0 Å². The summed E-state index contributed by atoms with van der Waals surface area (Å²) >= 11 is 0. The molecule has 0 radical (unpaired) electrons. The van der Waals surface area contributed by atoms with Gasteiger partial charge in [-0.05, 0) is 37.6 Å². The van der Waals surface area contributed by atoms with Crippen LogP contribution >= 0.6 is 0 Å². The van der Waals surface area contributed by atoms with Crippen LogP contribution in [-0.4, -0.2) is 16.1 Å². The summed E-state index contributed by atoms with van der Waals surface area (Å²) in [5.74, 6) is 2.83. The number of aromatic nitrogens is 2. The summed E-state index contributed by atoms with van der Waals surface area (Å²) in [5.41, 5.74) is 0. The Balaban J connectivity index is 2.18. The molecule has 1 N–H and O–H groups in total. The van der Waals surface area contributed by atoms with Crippen LogP contribution < -0.4 is 5.32 Å². The minimum absolute atomic E-state index is 0.444. The average Bonchev–Trinajstić information content (AvgIpc) is 3.01. The second-order valence-electron chi connectivity index (χ2n) is 5.98. The summed E-state index contributed by atoms with van der Waals surface area (Å²) in [5, 5.41) is 3.76. The van der Waals surface area contributed by atoms with Crippen LogP contribution in [0.15, 0.2) is 12.4 Å². The van der Waals surface area contributed by atoms with Crippen LogP contribution in [0.25, 0.3) is 0 Å². The molecule has 0 bridgehead atoms. The Hall–Kier alpha value is -0.830. The van der Waals surface area contributed by atoms with Crippen molar-refractivity contribution in [2.24, 2.45) is 11.8 Å². The van der Waals surface area contributed by atoms with Gasteiger partial charge in [0.1, 0.15) is 5.82 Å². The highest BCUT2D eigenvalue weighted by Gasteiger charge is 2.33. The molecule has 108 valence electrons. The fourth-order valence-electron chi connectivity index (χ4n) is 3.43. The summed E-state index contributed by atoms with van der Waals surface area (Å²) in [6.07, 6.45) is 10.6. The van der Waals surface area contributed by atoms with E-state index < -0.39 is 0 Å². The highest BCUT2D eigenvalue weighted by molar-refractivity contribution is 5.04. The average molecular weight is 263 g/mol. The van der Waals surface area contributed by atoms with E-state index in [-0.39, 0.29) is 0 Å². The quantitative estimate of drug-likeness (QED) is 0.811. The van der Waals surface area contributed by atoms with Crippen molar-refractivity contribution in [3.8, 4) is 0 Å². The first kappa shape index (κ1) is 14.6. The number of nitrogens with zero attached hydrogens (tertiary/aromatic N) is 2. The Labute approximate surface area is 117 Å². The smallest absolute Gasteiger partial charge is 0.126 e. The number of rotatable bonds is 7. The molecule has 0 aliphatic heterocycles. The lowest BCUT2D eigenvalue weighted by Gasteiger charge is -2.28. The van der Waals surface area contributed by atoms with Crippen LogP contribution in [0.5, 0.6) is 0 Å². The molecule has 0 aromatic carbocycles. The highest BCUT2D eigenvalue weighted by Crippen LogP contribution is 2.39. The van der Waals surface area contributed by atoms with Crippen LogP contribution in [-0.2, 0) is 6.54 Å². The van der Waals surface area contributed by atoms with Gasteiger partial charge in [0.2, 0.25) is 0 Å². The molecule has 1 aromatic rings. The molecular formula is C16H29N3. The summed E-state index contributed by atoms with van der Waals surface area (Å²) in [7, 11) is 0. The molecular weight excluding hydrogens is 234 g/mol. The molecule has 1 aliphatic carbocycles. The van der Waals surface area contributed by atoms with E-state index in [0.29, 0.717) is 6.04 Å². The molecule has 1 aliphatic rings. The summed E-state index contributed by atoms with van der Waals surface area (Å²) in [6, 6.07) is 0.444. The Morgan fingerprint density at radius 2 is 2.21 bits per heavy atom.